The molecule has 1 N–H and O–H groups in total. The van der Waals surface area contributed by atoms with E-state index in [1.807, 2.05) is 46.1 Å². The minimum absolute atomic E-state index is 0.0931. The lowest BCUT2D eigenvalue weighted by Gasteiger charge is -2.36. The van der Waals surface area contributed by atoms with Gasteiger partial charge in [-0.2, -0.15) is 5.10 Å². The van der Waals surface area contributed by atoms with Crippen molar-refractivity contribution >= 4 is 5.91 Å². The molecule has 1 aromatic heterocycles. The van der Waals surface area contributed by atoms with Gasteiger partial charge in [-0.05, 0) is 41.3 Å². The molecule has 2 aromatic carbocycles. The van der Waals surface area contributed by atoms with E-state index in [4.69, 9.17) is 0 Å². The highest BCUT2D eigenvalue weighted by Gasteiger charge is 2.27. The maximum atomic E-state index is 13.1. The van der Waals surface area contributed by atoms with Gasteiger partial charge in [0.2, 0.25) is 5.91 Å². The van der Waals surface area contributed by atoms with Crippen LogP contribution >= 0.6 is 0 Å². The third-order valence-electron chi connectivity index (χ3n) is 5.40. The molecule has 28 heavy (non-hydrogen) atoms. The second kappa shape index (κ2) is 8.40. The minimum atomic E-state index is 0.0931. The van der Waals surface area contributed by atoms with Crippen LogP contribution in [0.5, 0.6) is 0 Å². The van der Waals surface area contributed by atoms with Crippen molar-refractivity contribution in [3.63, 3.8) is 0 Å². The van der Waals surface area contributed by atoms with Gasteiger partial charge in [-0.1, -0.05) is 43.3 Å². The van der Waals surface area contributed by atoms with Crippen molar-refractivity contribution < 1.29 is 4.79 Å². The number of nitrogens with one attached hydrogen (secondary N) is 1. The summed E-state index contributed by atoms with van der Waals surface area (Å²) in [4.78, 5) is 15.1. The molecule has 0 radical (unpaired) electrons. The lowest BCUT2D eigenvalue weighted by Crippen LogP contribution is -2.49. The van der Waals surface area contributed by atoms with E-state index in [9.17, 15) is 4.79 Å². The van der Waals surface area contributed by atoms with Crippen LogP contribution in [0.2, 0.25) is 0 Å². The Bertz CT molecular complexity index is 901. The van der Waals surface area contributed by atoms with Gasteiger partial charge in [0.05, 0.1) is 18.2 Å². The first-order chi connectivity index (χ1) is 13.7. The average Bonchev–Trinajstić information content (AvgIpc) is 3.29. The van der Waals surface area contributed by atoms with Crippen LogP contribution in [0.3, 0.4) is 0 Å². The smallest absolute Gasteiger partial charge is 0.227 e. The molecule has 0 bridgehead atoms. The van der Waals surface area contributed by atoms with Gasteiger partial charge in [0.1, 0.15) is 0 Å². The summed E-state index contributed by atoms with van der Waals surface area (Å²) < 4.78 is 1.82. The molecular formula is C23H26N4O. The van der Waals surface area contributed by atoms with E-state index < -0.39 is 0 Å². The first-order valence-corrected chi connectivity index (χ1v) is 9.92. The van der Waals surface area contributed by atoms with Crippen LogP contribution in [0.4, 0.5) is 0 Å². The zero-order valence-corrected chi connectivity index (χ0v) is 16.2. The Morgan fingerprint density at radius 2 is 1.86 bits per heavy atom. The Labute approximate surface area is 166 Å². The first kappa shape index (κ1) is 18.4. The summed E-state index contributed by atoms with van der Waals surface area (Å²) in [7, 11) is 0. The Kier molecular flexibility index (Phi) is 5.53. The van der Waals surface area contributed by atoms with Crippen LogP contribution in [-0.2, 0) is 17.6 Å². The van der Waals surface area contributed by atoms with Crippen molar-refractivity contribution in [2.24, 2.45) is 0 Å². The van der Waals surface area contributed by atoms with Gasteiger partial charge in [-0.3, -0.25) is 4.79 Å². The van der Waals surface area contributed by atoms with Crippen LogP contribution in [0, 0.1) is 0 Å². The van der Waals surface area contributed by atoms with E-state index in [0.29, 0.717) is 6.42 Å². The van der Waals surface area contributed by atoms with Gasteiger partial charge in [-0.25, -0.2) is 4.68 Å². The van der Waals surface area contributed by atoms with Crippen LogP contribution in [0.25, 0.3) is 5.69 Å². The Hall–Kier alpha value is -2.92. The maximum absolute atomic E-state index is 13.1. The number of benzene rings is 2. The van der Waals surface area contributed by atoms with E-state index in [1.54, 1.807) is 6.20 Å². The number of nitrogens with zero attached hydrogens (tertiary/aromatic N) is 3. The van der Waals surface area contributed by atoms with Gasteiger partial charge >= 0.3 is 0 Å². The predicted molar refractivity (Wildman–Crippen MR) is 110 cm³/mol. The summed E-state index contributed by atoms with van der Waals surface area (Å²) in [6.45, 7) is 4.54. The zero-order valence-electron chi connectivity index (χ0n) is 16.2. The zero-order chi connectivity index (χ0) is 19.3. The van der Waals surface area contributed by atoms with E-state index in [-0.39, 0.29) is 11.9 Å². The number of aryl methyl sites for hydroxylation is 1. The molecule has 1 atom stereocenters. The number of carbonyl (C=O) groups excluding carboxylic acids is 1. The number of aromatic nitrogens is 2. The van der Waals surface area contributed by atoms with Crippen molar-refractivity contribution in [1.29, 1.82) is 0 Å². The molecule has 0 saturated carbocycles. The summed E-state index contributed by atoms with van der Waals surface area (Å²) in [5.74, 6) is 0.179. The number of rotatable bonds is 5. The normalized spacial score (nSPS) is 16.9. The molecule has 1 unspecified atom stereocenters. The van der Waals surface area contributed by atoms with Gasteiger partial charge in [0.15, 0.2) is 0 Å². The van der Waals surface area contributed by atoms with E-state index in [2.05, 4.69) is 41.6 Å². The summed E-state index contributed by atoms with van der Waals surface area (Å²) in [6.07, 6.45) is 5.12. The molecule has 5 heteroatoms. The SMILES string of the molecule is CCc1ccc(C2CNCCN2C(=O)Cc2ccc(-n3cccn3)cc2)cc1. The highest BCUT2D eigenvalue weighted by atomic mass is 16.2. The first-order valence-electron chi connectivity index (χ1n) is 9.92. The minimum Gasteiger partial charge on any atom is -0.333 e. The molecule has 3 aromatic rings. The molecule has 1 fully saturated rings. The molecule has 4 rings (SSSR count). The van der Waals surface area contributed by atoms with Crippen molar-refractivity contribution in [3.8, 4) is 5.69 Å². The molecule has 2 heterocycles. The molecule has 1 aliphatic heterocycles. The number of carbonyl (C=O) groups is 1. The fourth-order valence-corrected chi connectivity index (χ4v) is 3.74. The number of piperazine rings is 1. The largest absolute Gasteiger partial charge is 0.333 e. The van der Waals surface area contributed by atoms with Gasteiger partial charge < -0.3 is 10.2 Å². The maximum Gasteiger partial charge on any atom is 0.227 e. The van der Waals surface area contributed by atoms with Crippen molar-refractivity contribution in [2.45, 2.75) is 25.8 Å². The topological polar surface area (TPSA) is 50.2 Å². The number of hydrogen-bond donors (Lipinski definition) is 1. The molecule has 1 saturated heterocycles. The van der Waals surface area contributed by atoms with Crippen LogP contribution < -0.4 is 5.32 Å². The quantitative estimate of drug-likeness (QED) is 0.746. The highest BCUT2D eigenvalue weighted by Crippen LogP contribution is 2.24. The Balaban J connectivity index is 1.47. The standard InChI is InChI=1S/C23H26N4O/c1-2-18-4-8-20(9-5-18)22-17-24-13-15-26(22)23(28)16-19-6-10-21(11-7-19)27-14-3-12-25-27/h3-12,14,22,24H,2,13,15-17H2,1H3. The second-order valence-electron chi connectivity index (χ2n) is 7.20. The summed E-state index contributed by atoms with van der Waals surface area (Å²) in [5, 5.41) is 7.67. The monoisotopic (exact) mass is 374 g/mol. The van der Waals surface area contributed by atoms with Crippen molar-refractivity contribution in [2.75, 3.05) is 19.6 Å². The molecule has 1 amide bonds. The molecular weight excluding hydrogens is 348 g/mol. The third-order valence-corrected chi connectivity index (χ3v) is 5.40. The van der Waals surface area contributed by atoms with E-state index >= 15 is 0 Å². The van der Waals surface area contributed by atoms with E-state index in [0.717, 1.165) is 37.3 Å². The van der Waals surface area contributed by atoms with Crippen molar-refractivity contribution in [1.82, 2.24) is 20.0 Å². The number of amides is 1. The van der Waals surface area contributed by atoms with Gasteiger partial charge in [-0.15, -0.1) is 0 Å². The second-order valence-corrected chi connectivity index (χ2v) is 7.20. The summed E-state index contributed by atoms with van der Waals surface area (Å²) >= 11 is 0. The van der Waals surface area contributed by atoms with Crippen LogP contribution in [0.15, 0.2) is 67.0 Å². The lowest BCUT2D eigenvalue weighted by molar-refractivity contribution is -0.133. The predicted octanol–water partition coefficient (Wildman–Crippen LogP) is 3.15. The average molecular weight is 374 g/mol. The summed E-state index contributed by atoms with van der Waals surface area (Å²) in [6, 6.07) is 18.7. The van der Waals surface area contributed by atoms with Gasteiger partial charge in [0, 0.05) is 32.0 Å². The molecule has 0 aliphatic carbocycles. The van der Waals surface area contributed by atoms with E-state index in [1.165, 1.54) is 11.1 Å². The molecule has 1 aliphatic rings. The fraction of sp³-hybridized carbons (Fsp3) is 0.304. The van der Waals surface area contributed by atoms with Crippen LogP contribution in [-0.4, -0.2) is 40.2 Å². The Morgan fingerprint density at radius 1 is 1.11 bits per heavy atom. The summed E-state index contributed by atoms with van der Waals surface area (Å²) in [5.41, 5.74) is 4.55. The van der Waals surface area contributed by atoms with Crippen molar-refractivity contribution in [3.05, 3.63) is 83.7 Å². The molecule has 5 nitrogen and oxygen atoms in total. The Morgan fingerprint density at radius 3 is 2.54 bits per heavy atom. The van der Waals surface area contributed by atoms with Crippen LogP contribution in [0.1, 0.15) is 29.7 Å². The molecule has 144 valence electrons. The van der Waals surface area contributed by atoms with Gasteiger partial charge in [0.25, 0.3) is 0 Å². The molecule has 0 spiro atoms. The third kappa shape index (κ3) is 3.99. The number of hydrogen-bond acceptors (Lipinski definition) is 3. The lowest BCUT2D eigenvalue weighted by atomic mass is 10.00. The fourth-order valence-electron chi connectivity index (χ4n) is 3.74. The highest BCUT2D eigenvalue weighted by molar-refractivity contribution is 5.79.